The third kappa shape index (κ3) is 4.12. The number of fused-ring (bicyclic) bond motifs is 2. The minimum Gasteiger partial charge on any atom is -0.356 e. The van der Waals surface area contributed by atoms with Crippen molar-refractivity contribution in [3.63, 3.8) is 0 Å². The van der Waals surface area contributed by atoms with Crippen LogP contribution >= 0.6 is 11.8 Å². The summed E-state index contributed by atoms with van der Waals surface area (Å²) in [5.41, 5.74) is 5.84. The third-order valence-electron chi connectivity index (χ3n) is 6.07. The number of carbonyl (C=O) groups is 1. The molecule has 0 radical (unpaired) electrons. The number of aliphatic imine (C=N–C) groups is 1. The van der Waals surface area contributed by atoms with Gasteiger partial charge in [0.2, 0.25) is 0 Å². The van der Waals surface area contributed by atoms with Gasteiger partial charge in [0.05, 0.1) is 5.69 Å². The van der Waals surface area contributed by atoms with Crippen molar-refractivity contribution >= 4 is 29.2 Å². The number of hydrogen-bond donors (Lipinski definition) is 1. The van der Waals surface area contributed by atoms with Gasteiger partial charge in [0.15, 0.2) is 0 Å². The Bertz CT molecular complexity index is 961. The van der Waals surface area contributed by atoms with Crippen molar-refractivity contribution in [2.45, 2.75) is 48.3 Å². The van der Waals surface area contributed by atoms with E-state index in [0.29, 0.717) is 5.56 Å². The lowest BCUT2D eigenvalue weighted by atomic mass is 10.1. The Morgan fingerprint density at radius 1 is 0.867 bits per heavy atom. The first-order valence-corrected chi connectivity index (χ1v) is 11.9. The number of piperidine rings is 2. The van der Waals surface area contributed by atoms with E-state index in [1.165, 1.54) is 36.1 Å². The average Bonchev–Trinajstić information content (AvgIpc) is 2.96. The quantitative estimate of drug-likeness (QED) is 0.755. The molecule has 0 saturated carbocycles. The van der Waals surface area contributed by atoms with Crippen LogP contribution in [0.4, 0.5) is 5.69 Å². The molecule has 1 amide bonds. The van der Waals surface area contributed by atoms with Crippen molar-refractivity contribution in [2.75, 3.05) is 26.2 Å². The second-order valence-electron chi connectivity index (χ2n) is 8.25. The molecule has 30 heavy (non-hydrogen) atoms. The number of nitrogens with zero attached hydrogens (tertiary/aromatic N) is 3. The molecule has 156 valence electrons. The van der Waals surface area contributed by atoms with Crippen LogP contribution in [0.1, 0.15) is 54.4 Å². The van der Waals surface area contributed by atoms with Gasteiger partial charge in [-0.15, -0.1) is 0 Å². The minimum absolute atomic E-state index is 0.0406. The lowest BCUT2D eigenvalue weighted by molar-refractivity contribution is 0.0750. The van der Waals surface area contributed by atoms with Crippen LogP contribution in [0.3, 0.4) is 0 Å². The van der Waals surface area contributed by atoms with Crippen LogP contribution in [0.5, 0.6) is 0 Å². The molecule has 3 heterocycles. The van der Waals surface area contributed by atoms with Gasteiger partial charge in [0.1, 0.15) is 5.84 Å². The van der Waals surface area contributed by atoms with E-state index in [1.54, 1.807) is 11.8 Å². The lowest BCUT2D eigenvalue weighted by Gasteiger charge is -2.30. The first-order chi connectivity index (χ1) is 14.8. The Labute approximate surface area is 182 Å². The molecule has 2 aromatic carbocycles. The molecule has 0 unspecified atom stereocenters. The van der Waals surface area contributed by atoms with E-state index >= 15 is 0 Å². The number of likely N-dealkylation sites (tertiary alicyclic amines) is 1. The lowest BCUT2D eigenvalue weighted by Crippen LogP contribution is -2.45. The molecule has 0 aromatic heterocycles. The standard InChI is InChI=1S/C24H28N4OS/c29-24(26-28-15-7-2-8-16-28)18-11-12-22-20(17-18)25-23(27-13-5-1-6-14-27)19-9-3-4-10-21(19)30-22/h3-4,9-12,17H,1-2,5-8,13-16H2,(H,26,29). The Morgan fingerprint density at radius 3 is 2.40 bits per heavy atom. The van der Waals surface area contributed by atoms with Gasteiger partial charge in [-0.1, -0.05) is 36.4 Å². The summed E-state index contributed by atoms with van der Waals surface area (Å²) in [6, 6.07) is 14.5. The van der Waals surface area contributed by atoms with E-state index < -0.39 is 0 Å². The van der Waals surface area contributed by atoms with Crippen LogP contribution in [0.25, 0.3) is 0 Å². The van der Waals surface area contributed by atoms with Crippen molar-refractivity contribution in [2.24, 2.45) is 4.99 Å². The average molecular weight is 421 g/mol. The van der Waals surface area contributed by atoms with Crippen LogP contribution in [0.2, 0.25) is 0 Å². The fourth-order valence-corrected chi connectivity index (χ4v) is 5.42. The molecule has 0 aliphatic carbocycles. The molecule has 5 nitrogen and oxygen atoms in total. The first kappa shape index (κ1) is 19.6. The zero-order valence-electron chi connectivity index (χ0n) is 17.3. The minimum atomic E-state index is -0.0406. The predicted octanol–water partition coefficient (Wildman–Crippen LogP) is 4.85. The Balaban J connectivity index is 1.48. The SMILES string of the molecule is O=C(NN1CCCCC1)c1ccc2c(c1)N=C(N1CCCCC1)c1ccccc1S2. The Morgan fingerprint density at radius 2 is 1.60 bits per heavy atom. The van der Waals surface area contributed by atoms with Gasteiger partial charge in [-0.3, -0.25) is 10.2 Å². The van der Waals surface area contributed by atoms with E-state index in [9.17, 15) is 4.79 Å². The number of benzene rings is 2. The summed E-state index contributed by atoms with van der Waals surface area (Å²) in [4.78, 5) is 22.7. The molecule has 5 rings (SSSR count). The van der Waals surface area contributed by atoms with Crippen LogP contribution in [0, 0.1) is 0 Å². The Kier molecular flexibility index (Phi) is 5.77. The molecule has 3 aliphatic rings. The number of amidine groups is 1. The van der Waals surface area contributed by atoms with Crippen molar-refractivity contribution < 1.29 is 4.79 Å². The van der Waals surface area contributed by atoms with Crippen LogP contribution in [-0.2, 0) is 0 Å². The van der Waals surface area contributed by atoms with Gasteiger partial charge in [0.25, 0.3) is 5.91 Å². The molecule has 2 aromatic rings. The highest BCUT2D eigenvalue weighted by Gasteiger charge is 2.24. The number of hydrogen-bond acceptors (Lipinski definition) is 5. The van der Waals surface area contributed by atoms with Crippen molar-refractivity contribution in [3.05, 3.63) is 53.6 Å². The van der Waals surface area contributed by atoms with Gasteiger partial charge >= 0.3 is 0 Å². The molecule has 0 spiro atoms. The van der Waals surface area contributed by atoms with E-state index in [0.717, 1.165) is 55.4 Å². The summed E-state index contributed by atoms with van der Waals surface area (Å²) in [6.45, 7) is 3.95. The highest BCUT2D eigenvalue weighted by molar-refractivity contribution is 7.99. The zero-order valence-corrected chi connectivity index (χ0v) is 18.1. The van der Waals surface area contributed by atoms with Gasteiger partial charge in [-0.25, -0.2) is 10.0 Å². The molecule has 6 heteroatoms. The third-order valence-corrected chi connectivity index (χ3v) is 7.21. The topological polar surface area (TPSA) is 47.9 Å². The van der Waals surface area contributed by atoms with Gasteiger partial charge in [-0.05, 0) is 56.4 Å². The summed E-state index contributed by atoms with van der Waals surface area (Å²) >= 11 is 1.74. The summed E-state index contributed by atoms with van der Waals surface area (Å²) in [6.07, 6.45) is 7.24. The molecule has 2 fully saturated rings. The van der Waals surface area contributed by atoms with E-state index in [2.05, 4.69) is 34.6 Å². The molecular formula is C24H28N4OS. The van der Waals surface area contributed by atoms with Crippen molar-refractivity contribution in [1.82, 2.24) is 15.3 Å². The monoisotopic (exact) mass is 420 g/mol. The summed E-state index contributed by atoms with van der Waals surface area (Å²) in [5, 5.41) is 2.05. The fraction of sp³-hybridized carbons (Fsp3) is 0.417. The van der Waals surface area contributed by atoms with E-state index in [-0.39, 0.29) is 5.91 Å². The molecule has 0 bridgehead atoms. The number of amides is 1. The largest absolute Gasteiger partial charge is 0.356 e. The second kappa shape index (κ2) is 8.82. The van der Waals surface area contributed by atoms with E-state index in [1.807, 2.05) is 23.2 Å². The highest BCUT2D eigenvalue weighted by atomic mass is 32.2. The zero-order chi connectivity index (χ0) is 20.3. The van der Waals surface area contributed by atoms with Gasteiger partial charge in [-0.2, -0.15) is 0 Å². The van der Waals surface area contributed by atoms with Crippen LogP contribution in [-0.4, -0.2) is 47.8 Å². The first-order valence-electron chi connectivity index (χ1n) is 11.1. The summed E-state index contributed by atoms with van der Waals surface area (Å²) in [7, 11) is 0. The normalized spacial score (nSPS) is 19.3. The molecule has 3 aliphatic heterocycles. The van der Waals surface area contributed by atoms with Crippen molar-refractivity contribution in [3.8, 4) is 0 Å². The number of hydrazine groups is 1. The molecular weight excluding hydrogens is 392 g/mol. The van der Waals surface area contributed by atoms with Gasteiger partial charge < -0.3 is 4.90 Å². The Hall–Kier alpha value is -2.31. The van der Waals surface area contributed by atoms with Crippen LogP contribution in [0.15, 0.2) is 57.2 Å². The number of rotatable bonds is 2. The smallest absolute Gasteiger partial charge is 0.265 e. The fourth-order valence-electron chi connectivity index (χ4n) is 4.43. The number of nitrogens with one attached hydrogen (secondary N) is 1. The van der Waals surface area contributed by atoms with Gasteiger partial charge in [0, 0.05) is 47.1 Å². The maximum atomic E-state index is 12.9. The maximum Gasteiger partial charge on any atom is 0.265 e. The van der Waals surface area contributed by atoms with Crippen molar-refractivity contribution in [1.29, 1.82) is 0 Å². The summed E-state index contributed by atoms with van der Waals surface area (Å²) < 4.78 is 0. The molecule has 2 saturated heterocycles. The second-order valence-corrected chi connectivity index (χ2v) is 9.34. The van der Waals surface area contributed by atoms with E-state index in [4.69, 9.17) is 4.99 Å². The predicted molar refractivity (Wildman–Crippen MR) is 122 cm³/mol. The summed E-state index contributed by atoms with van der Waals surface area (Å²) in [5.74, 6) is 1.01. The maximum absolute atomic E-state index is 12.9. The molecule has 0 atom stereocenters. The number of carbonyl (C=O) groups excluding carboxylic acids is 1. The highest BCUT2D eigenvalue weighted by Crippen LogP contribution is 2.41. The van der Waals surface area contributed by atoms with Crippen LogP contribution < -0.4 is 5.43 Å². The molecule has 1 N–H and O–H groups in total.